The molecule has 0 aliphatic heterocycles. The Hall–Kier alpha value is -1.39. The van der Waals surface area contributed by atoms with Crippen molar-refractivity contribution < 1.29 is 9.90 Å². The molecule has 0 aliphatic rings. The molecule has 1 amide bonds. The van der Waals surface area contributed by atoms with Crippen LogP contribution in [0.4, 0.5) is 0 Å². The zero-order valence-corrected chi connectivity index (χ0v) is 12.2. The average molecular weight is 264 g/mol. The molecule has 1 rings (SSSR count). The van der Waals surface area contributed by atoms with Gasteiger partial charge in [0, 0.05) is 12.0 Å². The number of nitrogens with two attached hydrogens (primary N) is 1. The van der Waals surface area contributed by atoms with Gasteiger partial charge in [-0.15, -0.1) is 0 Å². The second-order valence-corrected chi connectivity index (χ2v) is 5.71. The van der Waals surface area contributed by atoms with Gasteiger partial charge >= 0.3 is 0 Å². The van der Waals surface area contributed by atoms with Gasteiger partial charge in [-0.3, -0.25) is 4.79 Å². The van der Waals surface area contributed by atoms with E-state index in [4.69, 9.17) is 10.8 Å². The standard InChI is InChI=1S/C15H24N2O2/c1-10-5-6-11(2)12(7-10)15(3,4)9-17-14(19)13(16)8-18/h5-7,13,18H,8-9,16H2,1-4H3,(H,17,19). The van der Waals surface area contributed by atoms with Crippen molar-refractivity contribution in [3.8, 4) is 0 Å². The molecule has 1 unspecified atom stereocenters. The van der Waals surface area contributed by atoms with Crippen molar-refractivity contribution in [2.24, 2.45) is 5.73 Å². The van der Waals surface area contributed by atoms with E-state index in [9.17, 15) is 4.79 Å². The number of carbonyl (C=O) groups excluding carboxylic acids is 1. The molecule has 0 saturated heterocycles. The Morgan fingerprint density at radius 1 is 1.42 bits per heavy atom. The SMILES string of the molecule is Cc1ccc(C)c(C(C)(C)CNC(=O)C(N)CO)c1. The zero-order chi connectivity index (χ0) is 14.6. The summed E-state index contributed by atoms with van der Waals surface area (Å²) in [6, 6.07) is 5.46. The number of rotatable bonds is 5. The van der Waals surface area contributed by atoms with E-state index in [0.29, 0.717) is 6.54 Å². The lowest BCUT2D eigenvalue weighted by Crippen LogP contribution is -2.46. The van der Waals surface area contributed by atoms with E-state index >= 15 is 0 Å². The second-order valence-electron chi connectivity index (χ2n) is 5.71. The normalized spacial score (nSPS) is 13.2. The molecule has 106 valence electrons. The highest BCUT2D eigenvalue weighted by Gasteiger charge is 2.24. The Balaban J connectivity index is 2.81. The topological polar surface area (TPSA) is 75.4 Å². The number of hydrogen-bond acceptors (Lipinski definition) is 3. The van der Waals surface area contributed by atoms with E-state index < -0.39 is 6.04 Å². The van der Waals surface area contributed by atoms with Crippen molar-refractivity contribution in [2.45, 2.75) is 39.2 Å². The predicted molar refractivity (Wildman–Crippen MR) is 77.0 cm³/mol. The van der Waals surface area contributed by atoms with Crippen LogP contribution in [0.1, 0.15) is 30.5 Å². The van der Waals surface area contributed by atoms with Crippen LogP contribution in [0.2, 0.25) is 0 Å². The van der Waals surface area contributed by atoms with E-state index in [0.717, 1.165) is 0 Å². The fourth-order valence-electron chi connectivity index (χ4n) is 2.08. The van der Waals surface area contributed by atoms with E-state index in [-0.39, 0.29) is 17.9 Å². The van der Waals surface area contributed by atoms with E-state index in [1.807, 2.05) is 0 Å². The molecule has 1 atom stereocenters. The summed E-state index contributed by atoms with van der Waals surface area (Å²) in [6.45, 7) is 8.44. The number of carbonyl (C=O) groups is 1. The summed E-state index contributed by atoms with van der Waals surface area (Å²) in [5.41, 5.74) is 8.92. The lowest BCUT2D eigenvalue weighted by atomic mass is 9.81. The van der Waals surface area contributed by atoms with Crippen molar-refractivity contribution >= 4 is 5.91 Å². The molecule has 4 N–H and O–H groups in total. The van der Waals surface area contributed by atoms with Crippen molar-refractivity contribution in [3.05, 3.63) is 34.9 Å². The van der Waals surface area contributed by atoms with Crippen LogP contribution in [0, 0.1) is 13.8 Å². The van der Waals surface area contributed by atoms with Crippen LogP contribution in [0.15, 0.2) is 18.2 Å². The van der Waals surface area contributed by atoms with Crippen LogP contribution in [0.5, 0.6) is 0 Å². The van der Waals surface area contributed by atoms with Crippen molar-refractivity contribution in [1.29, 1.82) is 0 Å². The maximum Gasteiger partial charge on any atom is 0.239 e. The molecule has 0 aliphatic carbocycles. The minimum absolute atomic E-state index is 0.180. The third-order valence-electron chi connectivity index (χ3n) is 3.36. The van der Waals surface area contributed by atoms with Crippen molar-refractivity contribution in [1.82, 2.24) is 5.32 Å². The van der Waals surface area contributed by atoms with Crippen LogP contribution in [-0.4, -0.2) is 30.2 Å². The second kappa shape index (κ2) is 6.17. The minimum atomic E-state index is -0.852. The molecular weight excluding hydrogens is 240 g/mol. The summed E-state index contributed by atoms with van der Waals surface area (Å²) in [5, 5.41) is 11.6. The zero-order valence-electron chi connectivity index (χ0n) is 12.2. The summed E-state index contributed by atoms with van der Waals surface area (Å²) in [6.07, 6.45) is 0. The highest BCUT2D eigenvalue weighted by Crippen LogP contribution is 2.26. The molecule has 0 fully saturated rings. The molecule has 0 radical (unpaired) electrons. The Kier molecular flexibility index (Phi) is 5.09. The molecule has 4 nitrogen and oxygen atoms in total. The Bertz CT molecular complexity index is 455. The first-order valence-electron chi connectivity index (χ1n) is 6.50. The molecule has 0 saturated carbocycles. The fourth-order valence-corrected chi connectivity index (χ4v) is 2.08. The van der Waals surface area contributed by atoms with Crippen LogP contribution in [-0.2, 0) is 10.2 Å². The van der Waals surface area contributed by atoms with Crippen molar-refractivity contribution in [2.75, 3.05) is 13.2 Å². The Labute approximate surface area is 115 Å². The predicted octanol–water partition coefficient (Wildman–Crippen LogP) is 1.02. The third kappa shape index (κ3) is 4.04. The van der Waals surface area contributed by atoms with E-state index in [1.54, 1.807) is 0 Å². The maximum absolute atomic E-state index is 11.6. The molecular formula is C15H24N2O2. The quantitative estimate of drug-likeness (QED) is 0.743. The largest absolute Gasteiger partial charge is 0.394 e. The number of aryl methyl sites for hydroxylation is 2. The van der Waals surface area contributed by atoms with Gasteiger partial charge in [-0.1, -0.05) is 37.6 Å². The number of aliphatic hydroxyl groups is 1. The van der Waals surface area contributed by atoms with Crippen LogP contribution < -0.4 is 11.1 Å². The number of benzene rings is 1. The number of nitrogens with one attached hydrogen (secondary N) is 1. The van der Waals surface area contributed by atoms with Crippen LogP contribution in [0.25, 0.3) is 0 Å². The highest BCUT2D eigenvalue weighted by molar-refractivity contribution is 5.81. The molecule has 4 heteroatoms. The van der Waals surface area contributed by atoms with E-state index in [1.165, 1.54) is 16.7 Å². The van der Waals surface area contributed by atoms with Gasteiger partial charge < -0.3 is 16.2 Å². The number of amides is 1. The maximum atomic E-state index is 11.6. The minimum Gasteiger partial charge on any atom is -0.394 e. The van der Waals surface area contributed by atoms with Gasteiger partial charge in [0.15, 0.2) is 0 Å². The first-order valence-corrected chi connectivity index (χ1v) is 6.50. The van der Waals surface area contributed by atoms with Gasteiger partial charge in [0.05, 0.1) is 6.61 Å². The summed E-state index contributed by atoms with van der Waals surface area (Å²) in [4.78, 5) is 11.6. The molecule has 0 aromatic heterocycles. The molecule has 0 heterocycles. The van der Waals surface area contributed by atoms with Gasteiger partial charge in [0.25, 0.3) is 0 Å². The molecule has 19 heavy (non-hydrogen) atoms. The first-order chi connectivity index (χ1) is 8.77. The Morgan fingerprint density at radius 3 is 2.63 bits per heavy atom. The summed E-state index contributed by atoms with van der Waals surface area (Å²) < 4.78 is 0. The summed E-state index contributed by atoms with van der Waals surface area (Å²) in [5.74, 6) is -0.319. The van der Waals surface area contributed by atoms with Gasteiger partial charge in [0.1, 0.15) is 6.04 Å². The molecule has 1 aromatic rings. The smallest absolute Gasteiger partial charge is 0.239 e. The third-order valence-corrected chi connectivity index (χ3v) is 3.36. The van der Waals surface area contributed by atoms with Gasteiger partial charge in [-0.2, -0.15) is 0 Å². The summed E-state index contributed by atoms with van der Waals surface area (Å²) in [7, 11) is 0. The lowest BCUT2D eigenvalue weighted by molar-refractivity contribution is -0.123. The van der Waals surface area contributed by atoms with Crippen LogP contribution in [0.3, 0.4) is 0 Å². The fraction of sp³-hybridized carbons (Fsp3) is 0.533. The number of aliphatic hydroxyl groups excluding tert-OH is 1. The highest BCUT2D eigenvalue weighted by atomic mass is 16.3. The average Bonchev–Trinajstić information content (AvgIpc) is 2.37. The lowest BCUT2D eigenvalue weighted by Gasteiger charge is -2.28. The summed E-state index contributed by atoms with van der Waals surface area (Å²) >= 11 is 0. The van der Waals surface area contributed by atoms with E-state index in [2.05, 4.69) is 51.2 Å². The Morgan fingerprint density at radius 2 is 2.05 bits per heavy atom. The first kappa shape index (κ1) is 15.7. The molecule has 0 bridgehead atoms. The molecule has 1 aromatic carbocycles. The number of hydrogen-bond donors (Lipinski definition) is 3. The van der Waals surface area contributed by atoms with Crippen molar-refractivity contribution in [3.63, 3.8) is 0 Å². The van der Waals surface area contributed by atoms with Gasteiger partial charge in [-0.05, 0) is 25.0 Å². The van der Waals surface area contributed by atoms with Gasteiger partial charge in [-0.25, -0.2) is 0 Å². The molecule has 0 spiro atoms. The van der Waals surface area contributed by atoms with Crippen LogP contribution >= 0.6 is 0 Å². The van der Waals surface area contributed by atoms with Gasteiger partial charge in [0.2, 0.25) is 5.91 Å². The monoisotopic (exact) mass is 264 g/mol.